The summed E-state index contributed by atoms with van der Waals surface area (Å²) in [5, 5.41) is 15.9. The maximum absolute atomic E-state index is 5.86. The van der Waals surface area contributed by atoms with Crippen LogP contribution in [0.15, 0.2) is 45.4 Å². The Balaban J connectivity index is 1.33. The fourth-order valence-corrected chi connectivity index (χ4v) is 5.17. The summed E-state index contributed by atoms with van der Waals surface area (Å²) in [7, 11) is 3.19. The summed E-state index contributed by atoms with van der Waals surface area (Å²) in [6.45, 7) is 1.54. The van der Waals surface area contributed by atoms with E-state index in [0.717, 1.165) is 47.4 Å². The first-order chi connectivity index (χ1) is 16.2. The minimum Gasteiger partial charge on any atom is -0.493 e. The van der Waals surface area contributed by atoms with Gasteiger partial charge in [0, 0.05) is 12.2 Å². The van der Waals surface area contributed by atoms with Gasteiger partial charge in [0.1, 0.15) is 0 Å². The monoisotopic (exact) mass is 485 g/mol. The zero-order chi connectivity index (χ0) is 22.6. The standard InChI is InChI=1S/C22H23N5O4S2/c1-28-16-8-7-14(11-17(16)29-2)20-23-19(31-26-20)13-33-22-25-24-21(18-6-4-10-32-18)27(22)12-15-5-3-9-30-15/h4,6-8,10-11,15H,3,5,9,12-13H2,1-2H3/t15-/m1/s1. The highest BCUT2D eigenvalue weighted by atomic mass is 32.2. The van der Waals surface area contributed by atoms with Gasteiger partial charge in [-0.15, -0.1) is 21.5 Å². The lowest BCUT2D eigenvalue weighted by molar-refractivity contribution is 0.0953. The number of thiophene rings is 1. The van der Waals surface area contributed by atoms with Crippen molar-refractivity contribution in [3.05, 3.63) is 41.6 Å². The molecular formula is C22H23N5O4S2. The van der Waals surface area contributed by atoms with Crippen LogP contribution < -0.4 is 9.47 Å². The lowest BCUT2D eigenvalue weighted by Crippen LogP contribution is -2.16. The number of thioether (sulfide) groups is 1. The minimum atomic E-state index is 0.180. The summed E-state index contributed by atoms with van der Waals surface area (Å²) in [6.07, 6.45) is 2.31. The first-order valence-corrected chi connectivity index (χ1v) is 12.4. The van der Waals surface area contributed by atoms with Gasteiger partial charge in [-0.05, 0) is 42.5 Å². The normalized spacial score (nSPS) is 15.8. The van der Waals surface area contributed by atoms with E-state index in [-0.39, 0.29) is 6.10 Å². The summed E-state index contributed by atoms with van der Waals surface area (Å²) >= 11 is 3.17. The number of methoxy groups -OCH3 is 2. The van der Waals surface area contributed by atoms with Crippen LogP contribution in [-0.4, -0.2) is 51.8 Å². The van der Waals surface area contributed by atoms with Gasteiger partial charge in [0.2, 0.25) is 11.7 Å². The molecule has 9 nitrogen and oxygen atoms in total. The zero-order valence-corrected chi connectivity index (χ0v) is 19.9. The van der Waals surface area contributed by atoms with Gasteiger partial charge in [0.25, 0.3) is 0 Å². The smallest absolute Gasteiger partial charge is 0.237 e. The predicted molar refractivity (Wildman–Crippen MR) is 125 cm³/mol. The second-order valence-corrected chi connectivity index (χ2v) is 9.29. The van der Waals surface area contributed by atoms with Crippen LogP contribution in [0.4, 0.5) is 0 Å². The average Bonchev–Trinajstić information content (AvgIpc) is 3.65. The molecule has 0 saturated carbocycles. The van der Waals surface area contributed by atoms with Crippen molar-refractivity contribution in [3.8, 4) is 33.6 Å². The average molecular weight is 486 g/mol. The van der Waals surface area contributed by atoms with E-state index in [1.165, 1.54) is 11.8 Å². The molecule has 0 radical (unpaired) electrons. The molecule has 0 spiro atoms. The lowest BCUT2D eigenvalue weighted by Gasteiger charge is -2.13. The van der Waals surface area contributed by atoms with Crippen LogP contribution >= 0.6 is 23.1 Å². The lowest BCUT2D eigenvalue weighted by atomic mass is 10.2. The highest BCUT2D eigenvalue weighted by Crippen LogP contribution is 2.33. The fraction of sp³-hybridized carbons (Fsp3) is 0.364. The van der Waals surface area contributed by atoms with Crippen molar-refractivity contribution < 1.29 is 18.7 Å². The Kier molecular flexibility index (Phi) is 6.60. The van der Waals surface area contributed by atoms with Gasteiger partial charge in [-0.3, -0.25) is 4.57 Å². The van der Waals surface area contributed by atoms with Crippen molar-refractivity contribution in [3.63, 3.8) is 0 Å². The number of benzene rings is 1. The fourth-order valence-electron chi connectivity index (χ4n) is 3.67. The van der Waals surface area contributed by atoms with E-state index in [1.807, 2.05) is 29.6 Å². The highest BCUT2D eigenvalue weighted by Gasteiger charge is 2.23. The SMILES string of the molecule is COc1ccc(-c2noc(CSc3nnc(-c4cccs4)n3C[C@H]3CCCO3)n2)cc1OC. The molecule has 33 heavy (non-hydrogen) atoms. The van der Waals surface area contributed by atoms with Crippen LogP contribution in [0.2, 0.25) is 0 Å². The Morgan fingerprint density at radius 1 is 1.18 bits per heavy atom. The Hall–Kier alpha value is -2.89. The molecule has 3 aromatic heterocycles. The van der Waals surface area contributed by atoms with Crippen molar-refractivity contribution in [1.29, 1.82) is 0 Å². The molecule has 1 aliphatic heterocycles. The molecule has 1 atom stereocenters. The first kappa shape index (κ1) is 21.9. The van der Waals surface area contributed by atoms with Gasteiger partial charge < -0.3 is 18.7 Å². The summed E-state index contributed by atoms with van der Waals surface area (Å²) in [4.78, 5) is 5.63. The summed E-state index contributed by atoms with van der Waals surface area (Å²) < 4.78 is 24.1. The predicted octanol–water partition coefficient (Wildman–Crippen LogP) is 4.55. The van der Waals surface area contributed by atoms with Gasteiger partial charge in [0.15, 0.2) is 22.5 Å². The molecule has 5 rings (SSSR count). The van der Waals surface area contributed by atoms with Crippen LogP contribution in [0.5, 0.6) is 11.5 Å². The summed E-state index contributed by atoms with van der Waals surface area (Å²) in [6, 6.07) is 9.59. The van der Waals surface area contributed by atoms with E-state index in [1.54, 1.807) is 25.6 Å². The molecule has 1 aliphatic rings. The topological polar surface area (TPSA) is 97.3 Å². The van der Waals surface area contributed by atoms with Crippen LogP contribution in [0, 0.1) is 0 Å². The third-order valence-corrected chi connectivity index (χ3v) is 7.12. The highest BCUT2D eigenvalue weighted by molar-refractivity contribution is 7.98. The quantitative estimate of drug-likeness (QED) is 0.316. The van der Waals surface area contributed by atoms with Crippen molar-refractivity contribution in [2.45, 2.75) is 36.4 Å². The molecule has 0 bridgehead atoms. The maximum atomic E-state index is 5.86. The molecule has 11 heteroatoms. The van der Waals surface area contributed by atoms with Gasteiger partial charge in [0.05, 0.1) is 37.5 Å². The Labute approximate surface area is 199 Å². The van der Waals surface area contributed by atoms with Gasteiger partial charge >= 0.3 is 0 Å². The molecule has 4 heterocycles. The van der Waals surface area contributed by atoms with Crippen LogP contribution in [0.3, 0.4) is 0 Å². The van der Waals surface area contributed by atoms with Crippen molar-refractivity contribution in [2.75, 3.05) is 20.8 Å². The molecule has 4 aromatic rings. The summed E-state index contributed by atoms with van der Waals surface area (Å²) in [5.41, 5.74) is 0.786. The first-order valence-electron chi connectivity index (χ1n) is 10.5. The third kappa shape index (κ3) is 4.75. The molecular weight excluding hydrogens is 462 g/mol. The van der Waals surface area contributed by atoms with E-state index in [4.69, 9.17) is 18.7 Å². The molecule has 0 unspecified atom stereocenters. The number of ether oxygens (including phenoxy) is 3. The second-order valence-electron chi connectivity index (χ2n) is 7.40. The van der Waals surface area contributed by atoms with Crippen LogP contribution in [-0.2, 0) is 17.0 Å². The van der Waals surface area contributed by atoms with Crippen molar-refractivity contribution >= 4 is 23.1 Å². The number of hydrogen-bond acceptors (Lipinski definition) is 10. The zero-order valence-electron chi connectivity index (χ0n) is 18.3. The van der Waals surface area contributed by atoms with Gasteiger partial charge in [-0.25, -0.2) is 0 Å². The second kappa shape index (κ2) is 9.94. The molecule has 1 fully saturated rings. The Morgan fingerprint density at radius 3 is 2.85 bits per heavy atom. The van der Waals surface area contributed by atoms with Gasteiger partial charge in [-0.1, -0.05) is 23.0 Å². The number of nitrogens with zero attached hydrogens (tertiary/aromatic N) is 5. The maximum Gasteiger partial charge on any atom is 0.237 e. The van der Waals surface area contributed by atoms with E-state index < -0.39 is 0 Å². The molecule has 1 saturated heterocycles. The van der Waals surface area contributed by atoms with E-state index >= 15 is 0 Å². The van der Waals surface area contributed by atoms with E-state index in [9.17, 15) is 0 Å². The number of hydrogen-bond donors (Lipinski definition) is 0. The molecule has 172 valence electrons. The number of rotatable bonds is 9. The Bertz CT molecular complexity index is 1200. The van der Waals surface area contributed by atoms with Crippen LogP contribution in [0.25, 0.3) is 22.1 Å². The Morgan fingerprint density at radius 2 is 2.09 bits per heavy atom. The minimum absolute atomic E-state index is 0.180. The molecule has 0 N–H and O–H groups in total. The molecule has 0 amide bonds. The summed E-state index contributed by atoms with van der Waals surface area (Å²) in [5.74, 6) is 3.60. The van der Waals surface area contributed by atoms with Crippen molar-refractivity contribution in [2.24, 2.45) is 0 Å². The molecule has 1 aromatic carbocycles. The van der Waals surface area contributed by atoms with Gasteiger partial charge in [-0.2, -0.15) is 4.98 Å². The largest absolute Gasteiger partial charge is 0.493 e. The third-order valence-electron chi connectivity index (χ3n) is 5.30. The van der Waals surface area contributed by atoms with Crippen LogP contribution in [0.1, 0.15) is 18.7 Å². The van der Waals surface area contributed by atoms with Crippen molar-refractivity contribution in [1.82, 2.24) is 24.9 Å². The number of aromatic nitrogens is 5. The molecule has 0 aliphatic carbocycles. The van der Waals surface area contributed by atoms with E-state index in [0.29, 0.717) is 29.0 Å². The van der Waals surface area contributed by atoms with E-state index in [2.05, 4.69) is 31.0 Å².